The normalized spacial score (nSPS) is 10.7. The molecule has 0 unspecified atom stereocenters. The number of halogens is 1. The number of pyridine rings is 1. The summed E-state index contributed by atoms with van der Waals surface area (Å²) in [6.07, 6.45) is 4.35. The summed E-state index contributed by atoms with van der Waals surface area (Å²) in [5, 5.41) is 0. The molecule has 3 heteroatoms. The van der Waals surface area contributed by atoms with Crippen molar-refractivity contribution in [2.45, 2.75) is 26.7 Å². The lowest BCUT2D eigenvalue weighted by molar-refractivity contribution is 0.555. The molecule has 1 aromatic rings. The predicted octanol–water partition coefficient (Wildman–Crippen LogP) is 3.72. The van der Waals surface area contributed by atoms with Gasteiger partial charge in [0.1, 0.15) is 5.82 Å². The number of aromatic nitrogens is 1. The second-order valence-corrected chi connectivity index (χ2v) is 5.21. The minimum atomic E-state index is 0.788. The molecule has 0 N–H and O–H groups in total. The molecular weight excluding hydrogens is 252 g/mol. The van der Waals surface area contributed by atoms with Crippen molar-refractivity contribution in [1.29, 1.82) is 0 Å². The van der Waals surface area contributed by atoms with E-state index in [1.165, 1.54) is 12.8 Å². The molecule has 0 saturated carbocycles. The van der Waals surface area contributed by atoms with Gasteiger partial charge in [-0.1, -0.05) is 13.8 Å². The van der Waals surface area contributed by atoms with Crippen molar-refractivity contribution in [3.05, 3.63) is 22.8 Å². The maximum Gasteiger partial charge on any atom is 0.128 e. The Hall–Kier alpha value is -0.570. The molecule has 1 heterocycles. The van der Waals surface area contributed by atoms with Crippen LogP contribution in [0, 0.1) is 5.92 Å². The summed E-state index contributed by atoms with van der Waals surface area (Å²) in [6, 6.07) is 4.07. The van der Waals surface area contributed by atoms with Crippen LogP contribution < -0.4 is 4.90 Å². The Morgan fingerprint density at radius 3 is 2.67 bits per heavy atom. The van der Waals surface area contributed by atoms with E-state index in [9.17, 15) is 0 Å². The highest BCUT2D eigenvalue weighted by molar-refractivity contribution is 9.10. The molecular formula is C12H19BrN2. The topological polar surface area (TPSA) is 16.1 Å². The molecule has 0 saturated heterocycles. The van der Waals surface area contributed by atoms with E-state index in [2.05, 4.69) is 46.7 Å². The molecule has 84 valence electrons. The second-order valence-electron chi connectivity index (χ2n) is 4.29. The monoisotopic (exact) mass is 270 g/mol. The van der Waals surface area contributed by atoms with Crippen LogP contribution in [0.25, 0.3) is 0 Å². The van der Waals surface area contributed by atoms with Crippen LogP contribution in [0.4, 0.5) is 5.82 Å². The third-order valence-electron chi connectivity index (χ3n) is 2.38. The van der Waals surface area contributed by atoms with Crippen molar-refractivity contribution in [3.8, 4) is 0 Å². The molecule has 0 aliphatic heterocycles. The highest BCUT2D eigenvalue weighted by Crippen LogP contribution is 2.14. The molecule has 2 nitrogen and oxygen atoms in total. The first kappa shape index (κ1) is 12.5. The van der Waals surface area contributed by atoms with Crippen LogP contribution in [0.2, 0.25) is 0 Å². The molecule has 0 aliphatic carbocycles. The fourth-order valence-corrected chi connectivity index (χ4v) is 1.68. The largest absolute Gasteiger partial charge is 0.360 e. The quantitative estimate of drug-likeness (QED) is 0.811. The zero-order chi connectivity index (χ0) is 11.3. The fraction of sp³-hybridized carbons (Fsp3) is 0.583. The van der Waals surface area contributed by atoms with Gasteiger partial charge in [-0.25, -0.2) is 4.98 Å². The Bertz CT molecular complexity index is 282. The van der Waals surface area contributed by atoms with Gasteiger partial charge in [0.05, 0.1) is 0 Å². The van der Waals surface area contributed by atoms with E-state index < -0.39 is 0 Å². The lowest BCUT2D eigenvalue weighted by Crippen LogP contribution is -2.19. The van der Waals surface area contributed by atoms with Crippen molar-refractivity contribution in [2.24, 2.45) is 5.92 Å². The minimum Gasteiger partial charge on any atom is -0.360 e. The third kappa shape index (κ3) is 4.65. The Labute approximate surface area is 101 Å². The van der Waals surface area contributed by atoms with Crippen molar-refractivity contribution in [3.63, 3.8) is 0 Å². The number of hydrogen-bond donors (Lipinski definition) is 0. The van der Waals surface area contributed by atoms with E-state index in [1.807, 2.05) is 18.3 Å². The highest BCUT2D eigenvalue weighted by atomic mass is 79.9. The van der Waals surface area contributed by atoms with Gasteiger partial charge >= 0.3 is 0 Å². The van der Waals surface area contributed by atoms with E-state index in [-0.39, 0.29) is 0 Å². The molecule has 1 aromatic heterocycles. The summed E-state index contributed by atoms with van der Waals surface area (Å²) in [4.78, 5) is 6.56. The molecule has 0 atom stereocenters. The van der Waals surface area contributed by atoms with Crippen molar-refractivity contribution in [1.82, 2.24) is 4.98 Å². The second kappa shape index (κ2) is 6.11. The van der Waals surface area contributed by atoms with Crippen LogP contribution >= 0.6 is 15.9 Å². The summed E-state index contributed by atoms with van der Waals surface area (Å²) in [6.45, 7) is 5.60. The van der Waals surface area contributed by atoms with Crippen LogP contribution in [0.3, 0.4) is 0 Å². The van der Waals surface area contributed by atoms with E-state index in [0.717, 1.165) is 22.8 Å². The molecule has 0 aliphatic rings. The summed E-state index contributed by atoms with van der Waals surface area (Å²) in [5.41, 5.74) is 0. The van der Waals surface area contributed by atoms with Gasteiger partial charge in [0.2, 0.25) is 0 Å². The minimum absolute atomic E-state index is 0.788. The Balaban J connectivity index is 2.40. The predicted molar refractivity (Wildman–Crippen MR) is 69.3 cm³/mol. The Kier molecular flexibility index (Phi) is 5.09. The first-order valence-corrected chi connectivity index (χ1v) is 6.21. The lowest BCUT2D eigenvalue weighted by Gasteiger charge is -2.18. The number of anilines is 1. The molecule has 0 radical (unpaired) electrons. The summed E-state index contributed by atoms with van der Waals surface area (Å²) < 4.78 is 1.03. The SMILES string of the molecule is CC(C)CCCN(C)c1ccc(Br)cn1. The maximum atomic E-state index is 4.36. The van der Waals surface area contributed by atoms with Gasteiger partial charge in [0.25, 0.3) is 0 Å². The van der Waals surface area contributed by atoms with Crippen LogP contribution in [0.1, 0.15) is 26.7 Å². The van der Waals surface area contributed by atoms with Crippen LogP contribution in [0.15, 0.2) is 22.8 Å². The molecule has 1 rings (SSSR count). The molecule has 0 amide bonds. The summed E-state index contributed by atoms with van der Waals surface area (Å²) in [7, 11) is 2.09. The Morgan fingerprint density at radius 2 is 2.13 bits per heavy atom. The van der Waals surface area contributed by atoms with Gasteiger partial charge in [-0.3, -0.25) is 0 Å². The zero-order valence-electron chi connectivity index (χ0n) is 9.70. The van der Waals surface area contributed by atoms with Crippen molar-refractivity contribution < 1.29 is 0 Å². The van der Waals surface area contributed by atoms with E-state index in [1.54, 1.807) is 0 Å². The van der Waals surface area contributed by atoms with Crippen LogP contribution in [-0.2, 0) is 0 Å². The van der Waals surface area contributed by atoms with E-state index in [0.29, 0.717) is 0 Å². The van der Waals surface area contributed by atoms with Crippen molar-refractivity contribution >= 4 is 21.7 Å². The molecule has 0 bridgehead atoms. The van der Waals surface area contributed by atoms with Gasteiger partial charge in [-0.2, -0.15) is 0 Å². The molecule has 0 spiro atoms. The number of hydrogen-bond acceptors (Lipinski definition) is 2. The lowest BCUT2D eigenvalue weighted by atomic mass is 10.1. The third-order valence-corrected chi connectivity index (χ3v) is 2.85. The maximum absolute atomic E-state index is 4.36. The molecule has 0 fully saturated rings. The van der Waals surface area contributed by atoms with Crippen LogP contribution in [-0.4, -0.2) is 18.6 Å². The average Bonchev–Trinajstić information content (AvgIpc) is 2.18. The highest BCUT2D eigenvalue weighted by Gasteiger charge is 2.02. The Morgan fingerprint density at radius 1 is 1.40 bits per heavy atom. The fourth-order valence-electron chi connectivity index (χ4n) is 1.45. The first-order chi connectivity index (χ1) is 7.09. The average molecular weight is 271 g/mol. The van der Waals surface area contributed by atoms with Crippen molar-refractivity contribution in [2.75, 3.05) is 18.5 Å². The molecule has 15 heavy (non-hydrogen) atoms. The first-order valence-electron chi connectivity index (χ1n) is 5.42. The smallest absolute Gasteiger partial charge is 0.128 e. The van der Waals surface area contributed by atoms with Gasteiger partial charge in [0.15, 0.2) is 0 Å². The standard InChI is InChI=1S/C12H19BrN2/c1-10(2)5-4-8-15(3)12-7-6-11(13)9-14-12/h6-7,9-10H,4-5,8H2,1-3H3. The van der Waals surface area contributed by atoms with Gasteiger partial charge in [-0.15, -0.1) is 0 Å². The zero-order valence-corrected chi connectivity index (χ0v) is 11.3. The summed E-state index contributed by atoms with van der Waals surface area (Å²) >= 11 is 3.39. The van der Waals surface area contributed by atoms with E-state index in [4.69, 9.17) is 0 Å². The summed E-state index contributed by atoms with van der Waals surface area (Å²) in [5.74, 6) is 1.83. The number of nitrogens with zero attached hydrogens (tertiary/aromatic N) is 2. The number of rotatable bonds is 5. The van der Waals surface area contributed by atoms with Crippen LogP contribution in [0.5, 0.6) is 0 Å². The van der Waals surface area contributed by atoms with E-state index >= 15 is 0 Å². The van der Waals surface area contributed by atoms with Gasteiger partial charge in [0, 0.05) is 24.3 Å². The van der Waals surface area contributed by atoms with Gasteiger partial charge < -0.3 is 4.90 Å². The molecule has 0 aromatic carbocycles. The van der Waals surface area contributed by atoms with Gasteiger partial charge in [-0.05, 0) is 46.8 Å².